The molecule has 1 aliphatic heterocycles. The van der Waals surface area contributed by atoms with E-state index in [-0.39, 0.29) is 12.3 Å². The standard InChI is InChI=1S/C7H14N2O2/c10-7(11)3-6-4-8-1-2-9-5-6/h6,8-9H,1-5H2,(H,10,11). The van der Waals surface area contributed by atoms with E-state index in [1.54, 1.807) is 0 Å². The van der Waals surface area contributed by atoms with Crippen LogP contribution in [0.25, 0.3) is 0 Å². The van der Waals surface area contributed by atoms with E-state index in [4.69, 9.17) is 5.11 Å². The second kappa shape index (κ2) is 4.31. The number of nitrogens with one attached hydrogen (secondary N) is 2. The van der Waals surface area contributed by atoms with E-state index in [1.165, 1.54) is 0 Å². The van der Waals surface area contributed by atoms with Crippen molar-refractivity contribution in [3.05, 3.63) is 0 Å². The quantitative estimate of drug-likeness (QED) is 0.496. The van der Waals surface area contributed by atoms with Gasteiger partial charge in [-0.1, -0.05) is 0 Å². The predicted octanol–water partition coefficient (Wildman–Crippen LogP) is -0.730. The minimum atomic E-state index is -0.708. The van der Waals surface area contributed by atoms with E-state index in [0.717, 1.165) is 26.2 Å². The first-order valence-electron chi connectivity index (χ1n) is 3.92. The lowest BCUT2D eigenvalue weighted by Crippen LogP contribution is -2.25. The number of carboxylic acid groups (broad SMARTS) is 1. The molecule has 1 saturated heterocycles. The molecule has 4 heteroatoms. The summed E-state index contributed by atoms with van der Waals surface area (Å²) in [6.45, 7) is 3.52. The van der Waals surface area contributed by atoms with E-state index in [0.29, 0.717) is 0 Å². The monoisotopic (exact) mass is 158 g/mol. The van der Waals surface area contributed by atoms with Gasteiger partial charge in [0.15, 0.2) is 0 Å². The highest BCUT2D eigenvalue weighted by atomic mass is 16.4. The van der Waals surface area contributed by atoms with Crippen LogP contribution in [0, 0.1) is 5.92 Å². The summed E-state index contributed by atoms with van der Waals surface area (Å²) < 4.78 is 0. The zero-order valence-electron chi connectivity index (χ0n) is 6.47. The molecule has 0 spiro atoms. The first kappa shape index (κ1) is 8.49. The Kier molecular flexibility index (Phi) is 3.32. The molecule has 0 atom stereocenters. The zero-order chi connectivity index (χ0) is 8.10. The molecule has 1 heterocycles. The highest BCUT2D eigenvalue weighted by Crippen LogP contribution is 2.01. The fourth-order valence-electron chi connectivity index (χ4n) is 1.25. The van der Waals surface area contributed by atoms with Gasteiger partial charge in [-0.2, -0.15) is 0 Å². The normalized spacial score (nSPS) is 21.1. The molecule has 1 rings (SSSR count). The molecule has 1 aliphatic rings. The number of hydrogen-bond donors (Lipinski definition) is 3. The van der Waals surface area contributed by atoms with Gasteiger partial charge in [-0.3, -0.25) is 4.79 Å². The Labute approximate surface area is 66.0 Å². The molecule has 1 fully saturated rings. The van der Waals surface area contributed by atoms with Gasteiger partial charge in [0.25, 0.3) is 0 Å². The summed E-state index contributed by atoms with van der Waals surface area (Å²) in [5.41, 5.74) is 0. The molecular formula is C7H14N2O2. The molecule has 0 aromatic heterocycles. The third kappa shape index (κ3) is 3.34. The van der Waals surface area contributed by atoms with Gasteiger partial charge in [0.05, 0.1) is 6.42 Å². The van der Waals surface area contributed by atoms with Crippen molar-refractivity contribution in [2.45, 2.75) is 6.42 Å². The van der Waals surface area contributed by atoms with Crippen molar-refractivity contribution < 1.29 is 9.90 Å². The Hall–Kier alpha value is -0.610. The molecule has 0 unspecified atom stereocenters. The minimum absolute atomic E-state index is 0.245. The summed E-state index contributed by atoms with van der Waals surface area (Å²) in [5.74, 6) is -0.462. The Morgan fingerprint density at radius 2 is 1.91 bits per heavy atom. The van der Waals surface area contributed by atoms with Crippen molar-refractivity contribution in [2.24, 2.45) is 5.92 Å². The van der Waals surface area contributed by atoms with Gasteiger partial charge < -0.3 is 15.7 Å². The Bertz CT molecular complexity index is 130. The first-order valence-corrected chi connectivity index (χ1v) is 3.92. The van der Waals surface area contributed by atoms with Crippen molar-refractivity contribution in [3.8, 4) is 0 Å². The van der Waals surface area contributed by atoms with E-state index in [1.807, 2.05) is 0 Å². The molecule has 0 aromatic rings. The van der Waals surface area contributed by atoms with E-state index < -0.39 is 5.97 Å². The van der Waals surface area contributed by atoms with Crippen molar-refractivity contribution in [2.75, 3.05) is 26.2 Å². The van der Waals surface area contributed by atoms with Crippen LogP contribution in [-0.2, 0) is 4.79 Å². The molecule has 3 N–H and O–H groups in total. The maximum absolute atomic E-state index is 10.3. The Morgan fingerprint density at radius 3 is 2.36 bits per heavy atom. The van der Waals surface area contributed by atoms with Crippen LogP contribution >= 0.6 is 0 Å². The summed E-state index contributed by atoms with van der Waals surface area (Å²) in [4.78, 5) is 10.3. The second-order valence-electron chi connectivity index (χ2n) is 2.87. The van der Waals surface area contributed by atoms with Crippen molar-refractivity contribution >= 4 is 5.97 Å². The fraction of sp³-hybridized carbons (Fsp3) is 0.857. The molecule has 0 saturated carbocycles. The van der Waals surface area contributed by atoms with Crippen LogP contribution in [0.2, 0.25) is 0 Å². The second-order valence-corrected chi connectivity index (χ2v) is 2.87. The number of carbonyl (C=O) groups is 1. The van der Waals surface area contributed by atoms with Crippen LogP contribution in [0.1, 0.15) is 6.42 Å². The topological polar surface area (TPSA) is 61.4 Å². The Morgan fingerprint density at radius 1 is 1.36 bits per heavy atom. The van der Waals surface area contributed by atoms with Crippen molar-refractivity contribution in [1.82, 2.24) is 10.6 Å². The summed E-state index contributed by atoms with van der Waals surface area (Å²) in [5, 5.41) is 14.9. The van der Waals surface area contributed by atoms with Gasteiger partial charge in [0, 0.05) is 13.1 Å². The number of rotatable bonds is 2. The molecule has 0 amide bonds. The zero-order valence-corrected chi connectivity index (χ0v) is 6.47. The van der Waals surface area contributed by atoms with Crippen LogP contribution < -0.4 is 10.6 Å². The summed E-state index contributed by atoms with van der Waals surface area (Å²) in [7, 11) is 0. The highest BCUT2D eigenvalue weighted by Gasteiger charge is 2.14. The summed E-state index contributed by atoms with van der Waals surface area (Å²) in [6.07, 6.45) is 0.264. The van der Waals surface area contributed by atoms with Gasteiger partial charge in [0.2, 0.25) is 0 Å². The van der Waals surface area contributed by atoms with Gasteiger partial charge >= 0.3 is 5.97 Å². The summed E-state index contributed by atoms with van der Waals surface area (Å²) >= 11 is 0. The number of aliphatic carboxylic acids is 1. The van der Waals surface area contributed by atoms with Gasteiger partial charge in [-0.15, -0.1) is 0 Å². The molecule has 0 aromatic carbocycles. The van der Waals surface area contributed by atoms with Crippen LogP contribution in [0.4, 0.5) is 0 Å². The van der Waals surface area contributed by atoms with Gasteiger partial charge in [0.1, 0.15) is 0 Å². The average molecular weight is 158 g/mol. The molecule has 64 valence electrons. The first-order chi connectivity index (χ1) is 5.29. The third-order valence-corrected chi connectivity index (χ3v) is 1.81. The largest absolute Gasteiger partial charge is 0.481 e. The van der Waals surface area contributed by atoms with Gasteiger partial charge in [-0.25, -0.2) is 0 Å². The van der Waals surface area contributed by atoms with E-state index >= 15 is 0 Å². The third-order valence-electron chi connectivity index (χ3n) is 1.81. The number of carboxylic acids is 1. The molecule has 4 nitrogen and oxygen atoms in total. The molecular weight excluding hydrogens is 144 g/mol. The van der Waals surface area contributed by atoms with Crippen LogP contribution in [0.3, 0.4) is 0 Å². The van der Waals surface area contributed by atoms with Crippen molar-refractivity contribution in [3.63, 3.8) is 0 Å². The average Bonchev–Trinajstić information content (AvgIpc) is 2.14. The van der Waals surface area contributed by atoms with Crippen LogP contribution in [0.5, 0.6) is 0 Å². The van der Waals surface area contributed by atoms with Crippen molar-refractivity contribution in [1.29, 1.82) is 0 Å². The maximum Gasteiger partial charge on any atom is 0.303 e. The smallest absolute Gasteiger partial charge is 0.303 e. The minimum Gasteiger partial charge on any atom is -0.481 e. The molecule has 11 heavy (non-hydrogen) atoms. The lowest BCUT2D eigenvalue weighted by molar-refractivity contribution is -0.138. The molecule has 0 radical (unpaired) electrons. The fourth-order valence-corrected chi connectivity index (χ4v) is 1.25. The lowest BCUT2D eigenvalue weighted by atomic mass is 10.1. The highest BCUT2D eigenvalue weighted by molar-refractivity contribution is 5.67. The SMILES string of the molecule is O=C(O)CC1CNCCNC1. The van der Waals surface area contributed by atoms with E-state index in [9.17, 15) is 4.79 Å². The van der Waals surface area contributed by atoms with Crippen LogP contribution in [0.15, 0.2) is 0 Å². The van der Waals surface area contributed by atoms with Gasteiger partial charge in [-0.05, 0) is 19.0 Å². The predicted molar refractivity (Wildman–Crippen MR) is 41.5 cm³/mol. The molecule has 0 aliphatic carbocycles. The Balaban J connectivity index is 2.25. The molecule has 0 bridgehead atoms. The number of hydrogen-bond acceptors (Lipinski definition) is 3. The maximum atomic E-state index is 10.3. The lowest BCUT2D eigenvalue weighted by Gasteiger charge is -2.10. The van der Waals surface area contributed by atoms with E-state index in [2.05, 4.69) is 10.6 Å². The van der Waals surface area contributed by atoms with Crippen LogP contribution in [-0.4, -0.2) is 37.3 Å². The summed E-state index contributed by atoms with van der Waals surface area (Å²) in [6, 6.07) is 0.